The van der Waals surface area contributed by atoms with Crippen molar-refractivity contribution in [2.24, 2.45) is 0 Å². The summed E-state index contributed by atoms with van der Waals surface area (Å²) in [6.07, 6.45) is 0. The summed E-state index contributed by atoms with van der Waals surface area (Å²) in [5, 5.41) is 3.56. The van der Waals surface area contributed by atoms with E-state index in [4.69, 9.17) is 4.52 Å². The number of aromatic nitrogens is 2. The molecule has 0 radical (unpaired) electrons. The number of alkyl halides is 2. The van der Waals surface area contributed by atoms with Crippen LogP contribution in [0.25, 0.3) is 0 Å². The minimum absolute atomic E-state index is 0.214. The lowest BCUT2D eigenvalue weighted by Crippen LogP contribution is -2.55. The molecule has 0 atom stereocenters. The van der Waals surface area contributed by atoms with Crippen molar-refractivity contribution >= 4 is 0 Å². The van der Waals surface area contributed by atoms with Gasteiger partial charge in [0.2, 0.25) is 5.89 Å². The number of aryl methyl sites for hydroxylation is 1. The van der Waals surface area contributed by atoms with E-state index in [1.165, 1.54) is 0 Å². The maximum atomic E-state index is 12.4. The Labute approximate surface area is 73.5 Å². The summed E-state index contributed by atoms with van der Waals surface area (Å²) in [5.41, 5.74) is 0. The highest BCUT2D eigenvalue weighted by Crippen LogP contribution is 2.27. The van der Waals surface area contributed by atoms with E-state index in [9.17, 15) is 8.78 Å². The molecule has 1 aromatic rings. The van der Waals surface area contributed by atoms with Crippen molar-refractivity contribution in [1.29, 1.82) is 0 Å². The molecule has 4 nitrogen and oxygen atoms in total. The third-order valence-electron chi connectivity index (χ3n) is 1.84. The summed E-state index contributed by atoms with van der Waals surface area (Å²) in [6.45, 7) is 1.58. The van der Waals surface area contributed by atoms with E-state index in [0.717, 1.165) is 0 Å². The van der Waals surface area contributed by atoms with Gasteiger partial charge in [-0.15, -0.1) is 0 Å². The first-order valence-corrected chi connectivity index (χ1v) is 3.94. The lowest BCUT2D eigenvalue weighted by molar-refractivity contribution is -0.136. The van der Waals surface area contributed by atoms with E-state index < -0.39 is 5.92 Å². The van der Waals surface area contributed by atoms with Gasteiger partial charge >= 0.3 is 0 Å². The fourth-order valence-electron chi connectivity index (χ4n) is 1.32. The summed E-state index contributed by atoms with van der Waals surface area (Å²) >= 11 is 0. The van der Waals surface area contributed by atoms with Crippen LogP contribution in [-0.2, 0) is 6.54 Å². The quantitative estimate of drug-likeness (QED) is 0.691. The summed E-state index contributed by atoms with van der Waals surface area (Å²) in [4.78, 5) is 5.48. The third-order valence-corrected chi connectivity index (χ3v) is 1.84. The lowest BCUT2D eigenvalue weighted by Gasteiger charge is -2.37. The molecule has 72 valence electrons. The van der Waals surface area contributed by atoms with Crippen LogP contribution in [0.5, 0.6) is 0 Å². The molecule has 0 N–H and O–H groups in total. The Kier molecular flexibility index (Phi) is 1.80. The molecule has 0 saturated carbocycles. The number of likely N-dealkylation sites (tertiary alicyclic amines) is 1. The van der Waals surface area contributed by atoms with Gasteiger partial charge in [0.05, 0.1) is 19.6 Å². The topological polar surface area (TPSA) is 42.2 Å². The van der Waals surface area contributed by atoms with Crippen LogP contribution in [0.1, 0.15) is 11.7 Å². The second-order valence-electron chi connectivity index (χ2n) is 3.24. The van der Waals surface area contributed by atoms with Gasteiger partial charge in [-0.2, -0.15) is 4.98 Å². The fraction of sp³-hybridized carbons (Fsp3) is 0.714. The minimum Gasteiger partial charge on any atom is -0.338 e. The second kappa shape index (κ2) is 2.73. The number of rotatable bonds is 2. The number of hydrogen-bond acceptors (Lipinski definition) is 4. The van der Waals surface area contributed by atoms with E-state index in [0.29, 0.717) is 18.3 Å². The molecule has 1 aliphatic rings. The Bertz CT molecular complexity index is 304. The Morgan fingerprint density at radius 3 is 2.69 bits per heavy atom. The second-order valence-corrected chi connectivity index (χ2v) is 3.24. The van der Waals surface area contributed by atoms with Crippen molar-refractivity contribution in [2.75, 3.05) is 13.1 Å². The highest BCUT2D eigenvalue weighted by atomic mass is 19.3. The van der Waals surface area contributed by atoms with Crippen LogP contribution < -0.4 is 0 Å². The van der Waals surface area contributed by atoms with E-state index in [-0.39, 0.29) is 13.1 Å². The van der Waals surface area contributed by atoms with E-state index in [2.05, 4.69) is 10.1 Å². The van der Waals surface area contributed by atoms with Crippen molar-refractivity contribution in [3.8, 4) is 0 Å². The zero-order valence-electron chi connectivity index (χ0n) is 7.13. The van der Waals surface area contributed by atoms with E-state index in [1.807, 2.05) is 0 Å². The first-order chi connectivity index (χ1) is 6.05. The summed E-state index contributed by atoms with van der Waals surface area (Å²) in [5.74, 6) is -1.61. The van der Waals surface area contributed by atoms with Gasteiger partial charge in [-0.3, -0.25) is 4.90 Å². The largest absolute Gasteiger partial charge is 0.338 e. The maximum absolute atomic E-state index is 12.4. The summed E-state index contributed by atoms with van der Waals surface area (Å²) in [7, 11) is 0. The molecule has 0 amide bonds. The molecule has 1 aliphatic heterocycles. The fourth-order valence-corrected chi connectivity index (χ4v) is 1.32. The normalized spacial score (nSPS) is 21.5. The number of nitrogens with zero attached hydrogens (tertiary/aromatic N) is 3. The zero-order valence-corrected chi connectivity index (χ0v) is 7.13. The zero-order chi connectivity index (χ0) is 9.47. The van der Waals surface area contributed by atoms with Gasteiger partial charge in [0, 0.05) is 0 Å². The van der Waals surface area contributed by atoms with E-state index in [1.54, 1.807) is 11.8 Å². The van der Waals surface area contributed by atoms with Gasteiger partial charge in [-0.1, -0.05) is 5.16 Å². The molecule has 0 aliphatic carbocycles. The van der Waals surface area contributed by atoms with Crippen molar-refractivity contribution in [1.82, 2.24) is 15.0 Å². The van der Waals surface area contributed by atoms with Crippen LogP contribution in [-0.4, -0.2) is 34.1 Å². The molecule has 1 saturated heterocycles. The van der Waals surface area contributed by atoms with Crippen LogP contribution in [0, 0.1) is 6.92 Å². The Hall–Kier alpha value is -1.04. The van der Waals surface area contributed by atoms with Gasteiger partial charge in [0.1, 0.15) is 0 Å². The van der Waals surface area contributed by atoms with Crippen molar-refractivity contribution in [2.45, 2.75) is 19.4 Å². The smallest absolute Gasteiger partial charge is 0.272 e. The number of halogens is 2. The van der Waals surface area contributed by atoms with Crippen LogP contribution in [0.4, 0.5) is 8.78 Å². The molecule has 1 fully saturated rings. The van der Waals surface area contributed by atoms with Crippen molar-refractivity contribution < 1.29 is 13.3 Å². The Morgan fingerprint density at radius 2 is 2.23 bits per heavy atom. The summed E-state index contributed by atoms with van der Waals surface area (Å²) < 4.78 is 29.6. The molecule has 0 spiro atoms. The van der Waals surface area contributed by atoms with Crippen LogP contribution in [0.3, 0.4) is 0 Å². The average molecular weight is 189 g/mol. The third kappa shape index (κ3) is 1.82. The standard InChI is InChI=1S/C7H9F2N3O/c1-5-10-6(13-11-5)2-12-3-7(8,9)4-12/h2-4H2,1H3. The van der Waals surface area contributed by atoms with Crippen LogP contribution in [0.2, 0.25) is 0 Å². The van der Waals surface area contributed by atoms with Crippen molar-refractivity contribution in [3.63, 3.8) is 0 Å². The molecule has 0 unspecified atom stereocenters. The highest BCUT2D eigenvalue weighted by molar-refractivity contribution is 4.91. The molecule has 13 heavy (non-hydrogen) atoms. The molecule has 0 bridgehead atoms. The summed E-state index contributed by atoms with van der Waals surface area (Å²) in [6, 6.07) is 0. The van der Waals surface area contributed by atoms with Gasteiger partial charge in [0.15, 0.2) is 5.82 Å². The molecule has 1 aromatic heterocycles. The van der Waals surface area contributed by atoms with Gasteiger partial charge in [0.25, 0.3) is 5.92 Å². The van der Waals surface area contributed by atoms with Crippen LogP contribution >= 0.6 is 0 Å². The van der Waals surface area contributed by atoms with Gasteiger partial charge in [-0.05, 0) is 6.92 Å². The minimum atomic E-state index is -2.53. The van der Waals surface area contributed by atoms with E-state index >= 15 is 0 Å². The highest BCUT2D eigenvalue weighted by Gasteiger charge is 2.44. The monoisotopic (exact) mass is 189 g/mol. The van der Waals surface area contributed by atoms with Crippen LogP contribution in [0.15, 0.2) is 4.52 Å². The predicted molar refractivity (Wildman–Crippen MR) is 39.3 cm³/mol. The molecular formula is C7H9F2N3O. The molecular weight excluding hydrogens is 180 g/mol. The number of hydrogen-bond donors (Lipinski definition) is 0. The first-order valence-electron chi connectivity index (χ1n) is 3.94. The molecule has 6 heteroatoms. The SMILES string of the molecule is Cc1noc(CN2CC(F)(F)C2)n1. The predicted octanol–water partition coefficient (Wildman–Crippen LogP) is 0.829. The lowest BCUT2D eigenvalue weighted by atomic mass is 10.1. The van der Waals surface area contributed by atoms with Gasteiger partial charge in [-0.25, -0.2) is 8.78 Å². The van der Waals surface area contributed by atoms with Crippen molar-refractivity contribution in [3.05, 3.63) is 11.7 Å². The maximum Gasteiger partial charge on any atom is 0.272 e. The average Bonchev–Trinajstić information content (AvgIpc) is 2.31. The Balaban J connectivity index is 1.87. The van der Waals surface area contributed by atoms with Gasteiger partial charge < -0.3 is 4.52 Å². The first kappa shape index (κ1) is 8.55. The molecule has 2 heterocycles. The Morgan fingerprint density at radius 1 is 1.54 bits per heavy atom. The molecule has 0 aromatic carbocycles. The molecule has 2 rings (SSSR count).